The molecule has 0 unspecified atom stereocenters. The highest BCUT2D eigenvalue weighted by Gasteiger charge is 2.29. The summed E-state index contributed by atoms with van der Waals surface area (Å²) in [7, 11) is -3.71. The normalized spacial score (nSPS) is 15.5. The zero-order valence-corrected chi connectivity index (χ0v) is 18.6. The van der Waals surface area contributed by atoms with Crippen LogP contribution < -0.4 is 0 Å². The van der Waals surface area contributed by atoms with E-state index in [9.17, 15) is 13.2 Å². The van der Waals surface area contributed by atoms with E-state index in [2.05, 4.69) is 22.2 Å². The molecule has 1 saturated heterocycles. The Morgan fingerprint density at radius 2 is 1.78 bits per heavy atom. The van der Waals surface area contributed by atoms with Crippen molar-refractivity contribution in [3.05, 3.63) is 83.2 Å². The molecule has 0 N–H and O–H groups in total. The number of rotatable bonds is 7. The highest BCUT2D eigenvalue weighted by molar-refractivity contribution is 7.89. The van der Waals surface area contributed by atoms with E-state index in [1.54, 1.807) is 19.1 Å². The topological polar surface area (TPSA) is 93.0 Å². The van der Waals surface area contributed by atoms with Gasteiger partial charge in [0.25, 0.3) is 0 Å². The second-order valence-corrected chi connectivity index (χ2v) is 9.64. The molecule has 1 aromatic heterocycles. The SMILES string of the molecule is Cc1cc(COC(=O)c2cccc(S(=O)(=O)N3CCN(Cc4ccccc4)CC3)c2)no1. The lowest BCUT2D eigenvalue weighted by atomic mass is 10.2. The second kappa shape index (κ2) is 9.64. The molecule has 2 aromatic carbocycles. The van der Waals surface area contributed by atoms with Gasteiger partial charge < -0.3 is 9.26 Å². The molecule has 0 radical (unpaired) electrons. The third kappa shape index (κ3) is 5.24. The fourth-order valence-corrected chi connectivity index (χ4v) is 5.08. The zero-order chi connectivity index (χ0) is 22.6. The van der Waals surface area contributed by atoms with Crippen LogP contribution in [0.15, 0.2) is 70.1 Å². The van der Waals surface area contributed by atoms with E-state index in [1.165, 1.54) is 28.1 Å². The molecule has 0 bridgehead atoms. The summed E-state index contributed by atoms with van der Waals surface area (Å²) in [5.74, 6) is 0.00314. The van der Waals surface area contributed by atoms with Crippen LogP contribution in [0.25, 0.3) is 0 Å². The van der Waals surface area contributed by atoms with Crippen molar-refractivity contribution in [2.75, 3.05) is 26.2 Å². The van der Waals surface area contributed by atoms with Gasteiger partial charge in [-0.05, 0) is 30.7 Å². The Hall–Kier alpha value is -3.01. The van der Waals surface area contributed by atoms with Gasteiger partial charge in [0, 0.05) is 38.8 Å². The fraction of sp³-hybridized carbons (Fsp3) is 0.304. The van der Waals surface area contributed by atoms with Gasteiger partial charge in [0.15, 0.2) is 0 Å². The van der Waals surface area contributed by atoms with Gasteiger partial charge in [-0.3, -0.25) is 4.90 Å². The molecule has 3 aromatic rings. The van der Waals surface area contributed by atoms with Crippen molar-refractivity contribution in [1.82, 2.24) is 14.4 Å². The van der Waals surface area contributed by atoms with Crippen LogP contribution in [-0.2, 0) is 27.9 Å². The lowest BCUT2D eigenvalue weighted by Gasteiger charge is -2.34. The monoisotopic (exact) mass is 455 g/mol. The van der Waals surface area contributed by atoms with Gasteiger partial charge in [-0.15, -0.1) is 0 Å². The lowest BCUT2D eigenvalue weighted by Crippen LogP contribution is -2.48. The van der Waals surface area contributed by atoms with E-state index in [0.29, 0.717) is 37.6 Å². The number of esters is 1. The number of carbonyl (C=O) groups excluding carboxylic acids is 1. The molecule has 32 heavy (non-hydrogen) atoms. The Bertz CT molecular complexity index is 1170. The summed E-state index contributed by atoms with van der Waals surface area (Å²) >= 11 is 0. The first-order chi connectivity index (χ1) is 15.4. The van der Waals surface area contributed by atoms with Crippen molar-refractivity contribution in [3.8, 4) is 0 Å². The molecule has 0 saturated carbocycles. The molecule has 2 heterocycles. The van der Waals surface area contributed by atoms with E-state index >= 15 is 0 Å². The number of ether oxygens (including phenoxy) is 1. The predicted octanol–water partition coefficient (Wildman–Crippen LogP) is 2.85. The maximum Gasteiger partial charge on any atom is 0.338 e. The number of sulfonamides is 1. The highest BCUT2D eigenvalue weighted by atomic mass is 32.2. The average Bonchev–Trinajstić information content (AvgIpc) is 3.23. The van der Waals surface area contributed by atoms with E-state index in [4.69, 9.17) is 9.26 Å². The van der Waals surface area contributed by atoms with Crippen molar-refractivity contribution in [2.45, 2.75) is 25.0 Å². The maximum absolute atomic E-state index is 13.1. The predicted molar refractivity (Wildman–Crippen MR) is 117 cm³/mol. The first kappa shape index (κ1) is 22.2. The summed E-state index contributed by atoms with van der Waals surface area (Å²) in [5.41, 5.74) is 1.87. The number of aromatic nitrogens is 1. The van der Waals surface area contributed by atoms with Crippen LogP contribution in [0.5, 0.6) is 0 Å². The molecular formula is C23H25N3O5S. The third-order valence-corrected chi connectivity index (χ3v) is 7.21. The van der Waals surface area contributed by atoms with Gasteiger partial charge in [-0.2, -0.15) is 4.31 Å². The molecule has 0 aliphatic carbocycles. The summed E-state index contributed by atoms with van der Waals surface area (Å²) < 4.78 is 37.9. The molecule has 1 fully saturated rings. The van der Waals surface area contributed by atoms with Crippen LogP contribution in [0.2, 0.25) is 0 Å². The standard InChI is InChI=1S/C23H25N3O5S/c1-18-14-21(24-31-18)17-30-23(27)20-8-5-9-22(15-20)32(28,29)26-12-10-25(11-13-26)16-19-6-3-2-4-7-19/h2-9,14-15H,10-13,16-17H2,1H3. The van der Waals surface area contributed by atoms with Gasteiger partial charge in [-0.1, -0.05) is 41.6 Å². The van der Waals surface area contributed by atoms with Crippen LogP contribution in [-0.4, -0.2) is 54.9 Å². The maximum atomic E-state index is 13.1. The largest absolute Gasteiger partial charge is 0.455 e. The van der Waals surface area contributed by atoms with E-state index in [1.807, 2.05) is 18.2 Å². The molecular weight excluding hydrogens is 430 g/mol. The molecule has 8 nitrogen and oxygen atoms in total. The van der Waals surface area contributed by atoms with Crippen LogP contribution in [0.4, 0.5) is 0 Å². The molecule has 4 rings (SSSR count). The molecule has 9 heteroatoms. The number of piperazine rings is 1. The summed E-state index contributed by atoms with van der Waals surface area (Å²) in [5, 5.41) is 3.77. The number of aryl methyl sites for hydroxylation is 1. The van der Waals surface area contributed by atoms with Crippen molar-refractivity contribution >= 4 is 16.0 Å². The van der Waals surface area contributed by atoms with Crippen LogP contribution >= 0.6 is 0 Å². The Morgan fingerprint density at radius 1 is 1.03 bits per heavy atom. The smallest absolute Gasteiger partial charge is 0.338 e. The Labute approximate surface area is 187 Å². The van der Waals surface area contributed by atoms with Crippen LogP contribution in [0.3, 0.4) is 0 Å². The minimum atomic E-state index is -3.71. The molecule has 0 amide bonds. The Balaban J connectivity index is 1.38. The van der Waals surface area contributed by atoms with Crippen molar-refractivity contribution < 1.29 is 22.5 Å². The van der Waals surface area contributed by atoms with E-state index < -0.39 is 16.0 Å². The molecule has 0 atom stereocenters. The molecule has 1 aliphatic heterocycles. The van der Waals surface area contributed by atoms with Crippen molar-refractivity contribution in [3.63, 3.8) is 0 Å². The molecule has 0 spiro atoms. The minimum Gasteiger partial charge on any atom is -0.455 e. The van der Waals surface area contributed by atoms with Crippen LogP contribution in [0, 0.1) is 6.92 Å². The average molecular weight is 456 g/mol. The number of carbonyl (C=O) groups is 1. The Morgan fingerprint density at radius 3 is 2.47 bits per heavy atom. The first-order valence-corrected chi connectivity index (χ1v) is 11.8. The van der Waals surface area contributed by atoms with Gasteiger partial charge in [0.05, 0.1) is 10.5 Å². The number of benzene rings is 2. The van der Waals surface area contributed by atoms with Gasteiger partial charge in [0.1, 0.15) is 18.1 Å². The van der Waals surface area contributed by atoms with Gasteiger partial charge in [0.2, 0.25) is 10.0 Å². The first-order valence-electron chi connectivity index (χ1n) is 10.4. The summed E-state index contributed by atoms with van der Waals surface area (Å²) in [6.45, 7) is 4.58. The van der Waals surface area contributed by atoms with Crippen molar-refractivity contribution in [2.24, 2.45) is 0 Å². The second-order valence-electron chi connectivity index (χ2n) is 7.70. The Kier molecular flexibility index (Phi) is 6.69. The molecule has 1 aliphatic rings. The summed E-state index contributed by atoms with van der Waals surface area (Å²) in [6, 6.07) is 17.7. The highest BCUT2D eigenvalue weighted by Crippen LogP contribution is 2.20. The number of hydrogen-bond donors (Lipinski definition) is 0. The third-order valence-electron chi connectivity index (χ3n) is 5.32. The zero-order valence-electron chi connectivity index (χ0n) is 17.8. The fourth-order valence-electron chi connectivity index (χ4n) is 3.61. The summed E-state index contributed by atoms with van der Waals surface area (Å²) in [4.78, 5) is 14.7. The van der Waals surface area contributed by atoms with Crippen molar-refractivity contribution in [1.29, 1.82) is 0 Å². The van der Waals surface area contributed by atoms with E-state index in [-0.39, 0.29) is 17.1 Å². The quantitative estimate of drug-likeness (QED) is 0.506. The molecule has 168 valence electrons. The van der Waals surface area contributed by atoms with E-state index in [0.717, 1.165) is 6.54 Å². The van der Waals surface area contributed by atoms with Gasteiger partial charge in [-0.25, -0.2) is 13.2 Å². The number of nitrogens with zero attached hydrogens (tertiary/aromatic N) is 3. The minimum absolute atomic E-state index is 0.0451. The lowest BCUT2D eigenvalue weighted by molar-refractivity contribution is 0.0464. The summed E-state index contributed by atoms with van der Waals surface area (Å²) in [6.07, 6.45) is 0. The van der Waals surface area contributed by atoms with Crippen LogP contribution in [0.1, 0.15) is 27.4 Å². The number of hydrogen-bond acceptors (Lipinski definition) is 7. The van der Waals surface area contributed by atoms with Gasteiger partial charge >= 0.3 is 5.97 Å².